The van der Waals surface area contributed by atoms with Crippen molar-refractivity contribution in [3.8, 4) is 0 Å². The highest BCUT2D eigenvalue weighted by Gasteiger charge is 2.31. The zero-order valence-corrected chi connectivity index (χ0v) is 16.0. The number of anilines is 1. The Kier molecular flexibility index (Phi) is 7.16. The molecule has 1 aliphatic rings. The highest BCUT2D eigenvalue weighted by Crippen LogP contribution is 2.22. The van der Waals surface area contributed by atoms with E-state index in [1.807, 2.05) is 6.92 Å². The number of hydrogen-bond acceptors (Lipinski definition) is 5. The lowest BCUT2D eigenvalue weighted by molar-refractivity contribution is -0.120. The minimum atomic E-state index is -3.29. The van der Waals surface area contributed by atoms with Crippen LogP contribution in [0.2, 0.25) is 0 Å². The van der Waals surface area contributed by atoms with E-state index in [9.17, 15) is 18.0 Å². The van der Waals surface area contributed by atoms with Crippen molar-refractivity contribution in [3.05, 3.63) is 29.8 Å². The van der Waals surface area contributed by atoms with E-state index in [1.165, 1.54) is 4.31 Å². The number of sulfonamides is 1. The van der Waals surface area contributed by atoms with Crippen molar-refractivity contribution >= 4 is 27.6 Å². The molecule has 1 unspecified atom stereocenters. The van der Waals surface area contributed by atoms with Crippen LogP contribution in [-0.2, 0) is 19.6 Å². The number of nitrogens with zero attached hydrogens (tertiary/aromatic N) is 1. The predicted octanol–water partition coefficient (Wildman–Crippen LogP) is 2.25. The number of carbonyl (C=O) groups excluding carboxylic acids is 2. The second kappa shape index (κ2) is 9.14. The molecule has 0 aromatic heterocycles. The van der Waals surface area contributed by atoms with E-state index in [4.69, 9.17) is 4.74 Å². The van der Waals surface area contributed by atoms with Crippen LogP contribution in [0.3, 0.4) is 0 Å². The van der Waals surface area contributed by atoms with E-state index in [1.54, 1.807) is 31.2 Å². The Balaban J connectivity index is 1.97. The van der Waals surface area contributed by atoms with Crippen LogP contribution in [0.5, 0.6) is 0 Å². The van der Waals surface area contributed by atoms with Gasteiger partial charge in [0.25, 0.3) is 0 Å². The van der Waals surface area contributed by atoms with Gasteiger partial charge in [-0.3, -0.25) is 4.79 Å². The number of amides is 1. The quantitative estimate of drug-likeness (QED) is 0.730. The highest BCUT2D eigenvalue weighted by atomic mass is 32.2. The SMILES string of the molecule is CCCS(=O)(=O)N1CCCC(C(=O)Nc2ccc(C(=O)OCC)cc2)C1. The van der Waals surface area contributed by atoms with Crippen molar-refractivity contribution < 1.29 is 22.7 Å². The Bertz CT molecular complexity index is 730. The van der Waals surface area contributed by atoms with Crippen molar-refractivity contribution in [1.29, 1.82) is 0 Å². The third-order valence-corrected chi connectivity index (χ3v) is 6.32. The number of benzene rings is 1. The predicted molar refractivity (Wildman–Crippen MR) is 99.4 cm³/mol. The van der Waals surface area contributed by atoms with Crippen molar-refractivity contribution in [3.63, 3.8) is 0 Å². The van der Waals surface area contributed by atoms with Gasteiger partial charge in [0.15, 0.2) is 0 Å². The average molecular weight is 382 g/mol. The fraction of sp³-hybridized carbons (Fsp3) is 0.556. The van der Waals surface area contributed by atoms with Gasteiger partial charge in [0.05, 0.1) is 23.8 Å². The van der Waals surface area contributed by atoms with E-state index in [2.05, 4.69) is 5.32 Å². The molecule has 0 saturated carbocycles. The Labute approximate surface area is 154 Å². The lowest BCUT2D eigenvalue weighted by Gasteiger charge is -2.31. The maximum absolute atomic E-state index is 12.5. The largest absolute Gasteiger partial charge is 0.462 e. The Hall–Kier alpha value is -1.93. The second-order valence-electron chi connectivity index (χ2n) is 6.30. The molecule has 26 heavy (non-hydrogen) atoms. The number of rotatable bonds is 7. The van der Waals surface area contributed by atoms with E-state index < -0.39 is 16.0 Å². The first-order chi connectivity index (χ1) is 12.4. The molecule has 7 nitrogen and oxygen atoms in total. The molecule has 1 atom stereocenters. The van der Waals surface area contributed by atoms with Crippen LogP contribution in [0.25, 0.3) is 0 Å². The minimum Gasteiger partial charge on any atom is -0.462 e. The zero-order valence-electron chi connectivity index (χ0n) is 15.2. The molecular weight excluding hydrogens is 356 g/mol. The zero-order chi connectivity index (χ0) is 19.2. The van der Waals surface area contributed by atoms with E-state index in [0.29, 0.717) is 43.7 Å². The first-order valence-corrected chi connectivity index (χ1v) is 10.5. The molecule has 0 aliphatic carbocycles. The summed E-state index contributed by atoms with van der Waals surface area (Å²) in [5.41, 5.74) is 0.982. The Morgan fingerprint density at radius 3 is 2.54 bits per heavy atom. The van der Waals surface area contributed by atoms with Gasteiger partial charge < -0.3 is 10.1 Å². The van der Waals surface area contributed by atoms with Gasteiger partial charge in [-0.15, -0.1) is 0 Å². The maximum atomic E-state index is 12.5. The maximum Gasteiger partial charge on any atom is 0.338 e. The first-order valence-electron chi connectivity index (χ1n) is 8.93. The fourth-order valence-corrected chi connectivity index (χ4v) is 4.53. The molecule has 1 heterocycles. The summed E-state index contributed by atoms with van der Waals surface area (Å²) in [7, 11) is -3.29. The topological polar surface area (TPSA) is 92.8 Å². The lowest BCUT2D eigenvalue weighted by Crippen LogP contribution is -2.44. The van der Waals surface area contributed by atoms with Gasteiger partial charge in [-0.05, 0) is 50.5 Å². The van der Waals surface area contributed by atoms with Crippen LogP contribution in [-0.4, -0.2) is 50.0 Å². The summed E-state index contributed by atoms with van der Waals surface area (Å²) >= 11 is 0. The normalized spacial score (nSPS) is 18.3. The number of carbonyl (C=O) groups is 2. The van der Waals surface area contributed by atoms with Crippen LogP contribution in [0.4, 0.5) is 5.69 Å². The van der Waals surface area contributed by atoms with Gasteiger partial charge in [0, 0.05) is 18.8 Å². The molecule has 0 spiro atoms. The summed E-state index contributed by atoms with van der Waals surface area (Å²) in [6, 6.07) is 6.45. The molecule has 0 radical (unpaired) electrons. The molecule has 1 aromatic rings. The molecule has 1 saturated heterocycles. The molecule has 0 bridgehead atoms. The van der Waals surface area contributed by atoms with Gasteiger partial charge in [0.2, 0.25) is 15.9 Å². The number of ether oxygens (including phenoxy) is 1. The second-order valence-corrected chi connectivity index (χ2v) is 8.39. The minimum absolute atomic E-state index is 0.108. The van der Waals surface area contributed by atoms with Crippen molar-refractivity contribution in [2.24, 2.45) is 5.92 Å². The Morgan fingerprint density at radius 2 is 1.92 bits per heavy atom. The first kappa shape index (κ1) is 20.4. The van der Waals surface area contributed by atoms with Gasteiger partial charge in [0.1, 0.15) is 0 Å². The van der Waals surface area contributed by atoms with E-state index >= 15 is 0 Å². The molecule has 1 N–H and O–H groups in total. The van der Waals surface area contributed by atoms with Crippen LogP contribution in [0, 0.1) is 5.92 Å². The molecule has 2 rings (SSSR count). The van der Waals surface area contributed by atoms with Gasteiger partial charge in [-0.2, -0.15) is 0 Å². The van der Waals surface area contributed by atoms with Gasteiger partial charge in [-0.25, -0.2) is 17.5 Å². The van der Waals surface area contributed by atoms with Crippen LogP contribution in [0.15, 0.2) is 24.3 Å². The monoisotopic (exact) mass is 382 g/mol. The van der Waals surface area contributed by atoms with E-state index in [0.717, 1.165) is 0 Å². The average Bonchev–Trinajstić information content (AvgIpc) is 2.62. The summed E-state index contributed by atoms with van der Waals surface area (Å²) in [4.78, 5) is 24.1. The molecular formula is C18H26N2O5S. The summed E-state index contributed by atoms with van der Waals surface area (Å²) in [5.74, 6) is -0.878. The van der Waals surface area contributed by atoms with Gasteiger partial charge >= 0.3 is 5.97 Å². The molecule has 1 aromatic carbocycles. The van der Waals surface area contributed by atoms with E-state index in [-0.39, 0.29) is 24.1 Å². The third kappa shape index (κ3) is 5.28. The fourth-order valence-electron chi connectivity index (χ4n) is 2.94. The summed E-state index contributed by atoms with van der Waals surface area (Å²) in [5, 5.41) is 2.80. The third-order valence-electron chi connectivity index (χ3n) is 4.27. The molecule has 144 valence electrons. The molecule has 1 aliphatic heterocycles. The van der Waals surface area contributed by atoms with Crippen LogP contribution < -0.4 is 5.32 Å². The highest BCUT2D eigenvalue weighted by molar-refractivity contribution is 7.89. The summed E-state index contributed by atoms with van der Waals surface area (Å²) < 4.78 is 30.8. The van der Waals surface area contributed by atoms with Crippen LogP contribution in [0.1, 0.15) is 43.5 Å². The van der Waals surface area contributed by atoms with Crippen molar-refractivity contribution in [2.45, 2.75) is 33.1 Å². The summed E-state index contributed by atoms with van der Waals surface area (Å²) in [6.07, 6.45) is 1.89. The lowest BCUT2D eigenvalue weighted by atomic mass is 9.98. The van der Waals surface area contributed by atoms with Crippen molar-refractivity contribution in [1.82, 2.24) is 4.31 Å². The Morgan fingerprint density at radius 1 is 1.23 bits per heavy atom. The molecule has 8 heteroatoms. The van der Waals surface area contributed by atoms with Gasteiger partial charge in [-0.1, -0.05) is 6.92 Å². The molecule has 1 amide bonds. The number of piperidine rings is 1. The van der Waals surface area contributed by atoms with Crippen molar-refractivity contribution in [2.75, 3.05) is 30.8 Å². The number of esters is 1. The summed E-state index contributed by atoms with van der Waals surface area (Å²) in [6.45, 7) is 4.55. The number of hydrogen-bond donors (Lipinski definition) is 1. The number of nitrogens with one attached hydrogen (secondary N) is 1. The van der Waals surface area contributed by atoms with Crippen LogP contribution >= 0.6 is 0 Å². The standard InChI is InChI=1S/C18H26N2O5S/c1-3-12-26(23,24)20-11-5-6-15(13-20)17(21)19-16-9-7-14(8-10-16)18(22)25-4-2/h7-10,15H,3-6,11-13H2,1-2H3,(H,19,21). The smallest absolute Gasteiger partial charge is 0.338 e. The molecule has 1 fully saturated rings.